The summed E-state index contributed by atoms with van der Waals surface area (Å²) < 4.78 is 0. The van der Waals surface area contributed by atoms with Crippen LogP contribution in [-0.4, -0.2) is 30.4 Å². The topological polar surface area (TPSA) is 46.3 Å². The summed E-state index contributed by atoms with van der Waals surface area (Å²) in [7, 11) is 0. The Morgan fingerprint density at radius 3 is 2.68 bits per heavy atom. The molecule has 3 heteroatoms. The Kier molecular flexibility index (Phi) is 6.85. The second-order valence-corrected chi connectivity index (χ2v) is 5.87. The highest BCUT2D eigenvalue weighted by atomic mass is 16.1. The van der Waals surface area contributed by atoms with Gasteiger partial charge in [-0.15, -0.1) is 0 Å². The van der Waals surface area contributed by atoms with E-state index in [4.69, 9.17) is 5.73 Å². The zero-order valence-corrected chi connectivity index (χ0v) is 12.6. The van der Waals surface area contributed by atoms with Crippen molar-refractivity contribution in [2.75, 3.05) is 19.6 Å². The minimum atomic E-state index is -0.144. The molecule has 1 fully saturated rings. The summed E-state index contributed by atoms with van der Waals surface area (Å²) >= 11 is 0. The van der Waals surface area contributed by atoms with Crippen molar-refractivity contribution in [3.8, 4) is 0 Å². The maximum absolute atomic E-state index is 11.2. The van der Waals surface area contributed by atoms with E-state index in [0.717, 1.165) is 45.3 Å². The average Bonchev–Trinajstić information content (AvgIpc) is 2.36. The first-order chi connectivity index (χ1) is 8.99. The van der Waals surface area contributed by atoms with Gasteiger partial charge < -0.3 is 5.73 Å². The van der Waals surface area contributed by atoms with E-state index in [0.29, 0.717) is 0 Å². The summed E-state index contributed by atoms with van der Waals surface area (Å²) in [5.41, 5.74) is 8.20. The molecule has 1 aliphatic heterocycles. The van der Waals surface area contributed by atoms with Crippen molar-refractivity contribution in [1.29, 1.82) is 0 Å². The van der Waals surface area contributed by atoms with Crippen LogP contribution < -0.4 is 5.73 Å². The predicted octanol–water partition coefficient (Wildman–Crippen LogP) is 2.88. The van der Waals surface area contributed by atoms with Gasteiger partial charge in [-0.3, -0.25) is 9.69 Å². The lowest BCUT2D eigenvalue weighted by atomic mass is 9.97. The number of rotatable bonds is 6. The first kappa shape index (κ1) is 16.0. The molecule has 0 unspecified atom stereocenters. The molecule has 0 radical (unpaired) electrons. The Morgan fingerprint density at radius 1 is 1.32 bits per heavy atom. The van der Waals surface area contributed by atoms with Crippen molar-refractivity contribution in [1.82, 2.24) is 4.90 Å². The number of nitrogens with zero attached hydrogens (tertiary/aromatic N) is 1. The SMILES string of the molecule is CC(C)=CCCC(C)=CCN1CCC[C@H](C(N)=O)C1. The molecule has 2 N–H and O–H groups in total. The fourth-order valence-electron chi connectivity index (χ4n) is 2.43. The van der Waals surface area contributed by atoms with Crippen molar-refractivity contribution >= 4 is 5.91 Å². The molecule has 0 aliphatic carbocycles. The Morgan fingerprint density at radius 2 is 2.05 bits per heavy atom. The minimum absolute atomic E-state index is 0.0492. The highest BCUT2D eigenvalue weighted by Crippen LogP contribution is 2.16. The summed E-state index contributed by atoms with van der Waals surface area (Å²) in [5.74, 6) is -0.0953. The van der Waals surface area contributed by atoms with Crippen LogP contribution in [0, 0.1) is 5.92 Å². The fraction of sp³-hybridized carbons (Fsp3) is 0.688. The van der Waals surface area contributed by atoms with Crippen LogP contribution in [0.5, 0.6) is 0 Å². The average molecular weight is 264 g/mol. The third-order valence-electron chi connectivity index (χ3n) is 3.70. The van der Waals surface area contributed by atoms with E-state index in [1.165, 1.54) is 11.1 Å². The molecule has 0 bridgehead atoms. The number of hydrogen-bond donors (Lipinski definition) is 1. The number of carbonyl (C=O) groups is 1. The summed E-state index contributed by atoms with van der Waals surface area (Å²) in [5, 5.41) is 0. The van der Waals surface area contributed by atoms with Gasteiger partial charge in [0.2, 0.25) is 5.91 Å². The Bertz CT molecular complexity index is 354. The molecule has 1 rings (SSSR count). The molecule has 0 spiro atoms. The van der Waals surface area contributed by atoms with Crippen molar-refractivity contribution < 1.29 is 4.79 Å². The van der Waals surface area contributed by atoms with Gasteiger partial charge in [0.15, 0.2) is 0 Å². The third kappa shape index (κ3) is 6.58. The van der Waals surface area contributed by atoms with Crippen molar-refractivity contribution in [3.63, 3.8) is 0 Å². The van der Waals surface area contributed by atoms with Gasteiger partial charge in [-0.05, 0) is 53.0 Å². The van der Waals surface area contributed by atoms with E-state index in [1.54, 1.807) is 0 Å². The molecule has 1 aliphatic rings. The van der Waals surface area contributed by atoms with Gasteiger partial charge in [0.25, 0.3) is 0 Å². The lowest BCUT2D eigenvalue weighted by Gasteiger charge is -2.30. The smallest absolute Gasteiger partial charge is 0.221 e. The number of likely N-dealkylation sites (tertiary alicyclic amines) is 1. The molecule has 1 atom stereocenters. The fourth-order valence-corrected chi connectivity index (χ4v) is 2.43. The van der Waals surface area contributed by atoms with Gasteiger partial charge in [-0.2, -0.15) is 0 Å². The quantitative estimate of drug-likeness (QED) is 0.750. The molecule has 0 aromatic heterocycles. The van der Waals surface area contributed by atoms with E-state index in [-0.39, 0.29) is 11.8 Å². The summed E-state index contributed by atoms with van der Waals surface area (Å²) in [4.78, 5) is 13.6. The Hall–Kier alpha value is -1.09. The van der Waals surface area contributed by atoms with Crippen molar-refractivity contribution in [2.45, 2.75) is 46.5 Å². The summed E-state index contributed by atoms with van der Waals surface area (Å²) in [6, 6.07) is 0. The van der Waals surface area contributed by atoms with Gasteiger partial charge in [0.1, 0.15) is 0 Å². The monoisotopic (exact) mass is 264 g/mol. The number of nitrogens with two attached hydrogens (primary N) is 1. The van der Waals surface area contributed by atoms with Crippen LogP contribution in [0.15, 0.2) is 23.3 Å². The van der Waals surface area contributed by atoms with Gasteiger partial charge in [-0.25, -0.2) is 0 Å². The summed E-state index contributed by atoms with van der Waals surface area (Å²) in [6.45, 7) is 9.32. The van der Waals surface area contributed by atoms with Crippen LogP contribution in [0.4, 0.5) is 0 Å². The molecule has 1 saturated heterocycles. The van der Waals surface area contributed by atoms with Crippen LogP contribution in [0.25, 0.3) is 0 Å². The maximum Gasteiger partial charge on any atom is 0.221 e. The van der Waals surface area contributed by atoms with E-state index in [9.17, 15) is 4.79 Å². The minimum Gasteiger partial charge on any atom is -0.369 e. The third-order valence-corrected chi connectivity index (χ3v) is 3.70. The first-order valence-electron chi connectivity index (χ1n) is 7.29. The molecule has 1 heterocycles. The molecular formula is C16H28N2O. The van der Waals surface area contributed by atoms with E-state index in [2.05, 4.69) is 37.8 Å². The lowest BCUT2D eigenvalue weighted by molar-refractivity contribution is -0.123. The number of carbonyl (C=O) groups excluding carboxylic acids is 1. The second kappa shape index (κ2) is 8.16. The number of primary amides is 1. The normalized spacial score (nSPS) is 21.2. The molecule has 0 saturated carbocycles. The summed E-state index contributed by atoms with van der Waals surface area (Å²) in [6.07, 6.45) is 8.85. The first-order valence-corrected chi connectivity index (χ1v) is 7.29. The van der Waals surface area contributed by atoms with Crippen molar-refractivity contribution in [3.05, 3.63) is 23.3 Å². The lowest BCUT2D eigenvalue weighted by Crippen LogP contribution is -2.41. The van der Waals surface area contributed by atoms with Gasteiger partial charge in [0, 0.05) is 13.1 Å². The van der Waals surface area contributed by atoms with Crippen LogP contribution in [0.2, 0.25) is 0 Å². The zero-order chi connectivity index (χ0) is 14.3. The highest BCUT2D eigenvalue weighted by Gasteiger charge is 2.22. The largest absolute Gasteiger partial charge is 0.369 e. The van der Waals surface area contributed by atoms with Crippen molar-refractivity contribution in [2.24, 2.45) is 11.7 Å². The van der Waals surface area contributed by atoms with Crippen LogP contribution in [-0.2, 0) is 4.79 Å². The van der Waals surface area contributed by atoms with Gasteiger partial charge in [-0.1, -0.05) is 23.3 Å². The van der Waals surface area contributed by atoms with Gasteiger partial charge >= 0.3 is 0 Å². The van der Waals surface area contributed by atoms with Gasteiger partial charge in [0.05, 0.1) is 5.92 Å². The standard InChI is InChI=1S/C16H28N2O/c1-13(2)6-4-7-14(3)9-11-18-10-5-8-15(12-18)16(17)19/h6,9,15H,4-5,7-8,10-12H2,1-3H3,(H2,17,19)/t15-/m0/s1. The highest BCUT2D eigenvalue weighted by molar-refractivity contribution is 5.76. The number of amides is 1. The Balaban J connectivity index is 2.34. The number of allylic oxidation sites excluding steroid dienone is 3. The van der Waals surface area contributed by atoms with Crippen LogP contribution >= 0.6 is 0 Å². The molecular weight excluding hydrogens is 236 g/mol. The van der Waals surface area contributed by atoms with E-state index < -0.39 is 0 Å². The van der Waals surface area contributed by atoms with E-state index in [1.807, 2.05) is 0 Å². The molecule has 108 valence electrons. The molecule has 1 amide bonds. The number of hydrogen-bond acceptors (Lipinski definition) is 2. The molecule has 19 heavy (non-hydrogen) atoms. The number of piperidine rings is 1. The van der Waals surface area contributed by atoms with Crippen LogP contribution in [0.3, 0.4) is 0 Å². The van der Waals surface area contributed by atoms with E-state index >= 15 is 0 Å². The predicted molar refractivity (Wildman–Crippen MR) is 80.8 cm³/mol. The maximum atomic E-state index is 11.2. The Labute approximate surface area is 117 Å². The molecule has 3 nitrogen and oxygen atoms in total. The second-order valence-electron chi connectivity index (χ2n) is 5.87. The zero-order valence-electron chi connectivity index (χ0n) is 12.6. The van der Waals surface area contributed by atoms with Crippen LogP contribution in [0.1, 0.15) is 46.5 Å². The molecule has 0 aromatic carbocycles. The molecule has 0 aromatic rings.